The molecule has 0 unspecified atom stereocenters. The minimum Gasteiger partial charge on any atom is -0.322 e. The second-order valence-electron chi connectivity index (χ2n) is 5.12. The van der Waals surface area contributed by atoms with Crippen molar-refractivity contribution >= 4 is 66.6 Å². The summed E-state index contributed by atoms with van der Waals surface area (Å²) < 4.78 is 2.70. The normalized spacial score (nSPS) is 10.8. The van der Waals surface area contributed by atoms with E-state index >= 15 is 0 Å². The largest absolute Gasteiger partial charge is 0.322 e. The molecule has 3 aromatic rings. The smallest absolute Gasteiger partial charge is 0.255 e. The molecular formula is C17H13BrN2O2S2. The van der Waals surface area contributed by atoms with Crippen LogP contribution in [0.25, 0.3) is 10.2 Å². The van der Waals surface area contributed by atoms with Gasteiger partial charge in [0.05, 0.1) is 16.0 Å². The Labute approximate surface area is 155 Å². The molecule has 0 saturated carbocycles. The fraction of sp³-hybridized carbons (Fsp3) is 0.118. The van der Waals surface area contributed by atoms with Gasteiger partial charge in [0.1, 0.15) is 5.78 Å². The molecule has 0 atom stereocenters. The van der Waals surface area contributed by atoms with Crippen LogP contribution < -0.4 is 5.32 Å². The summed E-state index contributed by atoms with van der Waals surface area (Å²) in [4.78, 5) is 27.9. The van der Waals surface area contributed by atoms with Crippen molar-refractivity contribution in [3.8, 4) is 0 Å². The van der Waals surface area contributed by atoms with Crippen molar-refractivity contribution in [3.63, 3.8) is 0 Å². The Morgan fingerprint density at radius 3 is 2.83 bits per heavy atom. The lowest BCUT2D eigenvalue weighted by atomic mass is 10.2. The van der Waals surface area contributed by atoms with Gasteiger partial charge in [-0.2, -0.15) is 0 Å². The molecule has 0 radical (unpaired) electrons. The summed E-state index contributed by atoms with van der Waals surface area (Å²) in [6.45, 7) is 1.57. The Balaban J connectivity index is 1.77. The van der Waals surface area contributed by atoms with Gasteiger partial charge < -0.3 is 5.32 Å². The summed E-state index contributed by atoms with van der Waals surface area (Å²) in [5, 5.41) is 2.90. The lowest BCUT2D eigenvalue weighted by Gasteiger charge is -2.05. The molecular weight excluding hydrogens is 408 g/mol. The number of ketones is 1. The number of fused-ring (bicyclic) bond motifs is 1. The second-order valence-corrected chi connectivity index (χ2v) is 8.29. The van der Waals surface area contributed by atoms with Crippen molar-refractivity contribution in [2.24, 2.45) is 0 Å². The van der Waals surface area contributed by atoms with E-state index in [-0.39, 0.29) is 11.7 Å². The van der Waals surface area contributed by atoms with Gasteiger partial charge in [0.15, 0.2) is 4.34 Å². The minimum absolute atomic E-state index is 0.126. The van der Waals surface area contributed by atoms with Crippen molar-refractivity contribution in [2.45, 2.75) is 11.3 Å². The lowest BCUT2D eigenvalue weighted by molar-refractivity contribution is -0.114. The van der Waals surface area contributed by atoms with E-state index in [0.717, 1.165) is 24.7 Å². The number of carbonyl (C=O) groups excluding carboxylic acids is 2. The number of halogens is 1. The molecule has 1 aromatic heterocycles. The van der Waals surface area contributed by atoms with Crippen LogP contribution in [0.4, 0.5) is 5.69 Å². The zero-order valence-corrected chi connectivity index (χ0v) is 15.9. The van der Waals surface area contributed by atoms with E-state index in [2.05, 4.69) is 26.2 Å². The third kappa shape index (κ3) is 4.23. The molecule has 0 aliphatic heterocycles. The predicted octanol–water partition coefficient (Wildman–Crippen LogP) is 4.99. The molecule has 0 aliphatic rings. The number of Topliss-reactive ketones (excluding diaryl/α,β-unsaturated/α-hetero) is 1. The molecule has 4 nitrogen and oxygen atoms in total. The topological polar surface area (TPSA) is 59.1 Å². The van der Waals surface area contributed by atoms with Gasteiger partial charge >= 0.3 is 0 Å². The van der Waals surface area contributed by atoms with Crippen LogP contribution >= 0.6 is 39.0 Å². The Bertz CT molecular complexity index is 924. The molecule has 0 saturated heterocycles. The molecule has 0 fully saturated rings. The van der Waals surface area contributed by atoms with E-state index in [0.29, 0.717) is 11.3 Å². The van der Waals surface area contributed by atoms with Crippen molar-refractivity contribution in [2.75, 3.05) is 11.1 Å². The quantitative estimate of drug-likeness (QED) is 0.590. The maximum Gasteiger partial charge on any atom is 0.255 e. The predicted molar refractivity (Wildman–Crippen MR) is 103 cm³/mol. The number of hydrogen-bond acceptors (Lipinski definition) is 5. The first-order valence-electron chi connectivity index (χ1n) is 7.11. The molecule has 24 heavy (non-hydrogen) atoms. The summed E-state index contributed by atoms with van der Waals surface area (Å²) >= 11 is 6.32. The molecule has 0 spiro atoms. The maximum atomic E-state index is 12.3. The Morgan fingerprint density at radius 1 is 1.25 bits per heavy atom. The number of anilines is 1. The van der Waals surface area contributed by atoms with Gasteiger partial charge in [-0.05, 0) is 43.3 Å². The summed E-state index contributed by atoms with van der Waals surface area (Å²) in [7, 11) is 0. The number of carbonyl (C=O) groups is 2. The highest BCUT2D eigenvalue weighted by Gasteiger charge is 2.09. The number of benzene rings is 2. The molecule has 3 rings (SSSR count). The van der Waals surface area contributed by atoms with Crippen LogP contribution in [0.3, 0.4) is 0 Å². The number of aromatic nitrogens is 1. The molecule has 1 heterocycles. The summed E-state index contributed by atoms with van der Waals surface area (Å²) in [6.07, 6.45) is 0. The van der Waals surface area contributed by atoms with Crippen LogP contribution in [0.1, 0.15) is 17.3 Å². The number of hydrogen-bond donors (Lipinski definition) is 1. The van der Waals surface area contributed by atoms with Gasteiger partial charge in [-0.25, -0.2) is 4.98 Å². The number of nitrogens with one attached hydrogen (secondary N) is 1. The van der Waals surface area contributed by atoms with Crippen molar-refractivity contribution in [3.05, 3.63) is 52.5 Å². The maximum absolute atomic E-state index is 12.3. The van der Waals surface area contributed by atoms with Crippen LogP contribution in [0.5, 0.6) is 0 Å². The first kappa shape index (κ1) is 17.1. The first-order chi connectivity index (χ1) is 11.5. The second kappa shape index (κ2) is 7.46. The Morgan fingerprint density at radius 2 is 2.08 bits per heavy atom. The van der Waals surface area contributed by atoms with Crippen molar-refractivity contribution < 1.29 is 9.59 Å². The van der Waals surface area contributed by atoms with Crippen molar-refractivity contribution in [1.82, 2.24) is 4.98 Å². The van der Waals surface area contributed by atoms with Crippen LogP contribution in [-0.4, -0.2) is 22.4 Å². The standard InChI is InChI=1S/C17H13BrN2O2S2/c1-10(21)9-23-17-20-14-6-5-13(8-15(14)24-17)19-16(22)11-3-2-4-12(18)7-11/h2-8H,9H2,1H3,(H,19,22). The molecule has 0 bridgehead atoms. The van der Waals surface area contributed by atoms with Crippen LogP contribution in [0.2, 0.25) is 0 Å². The fourth-order valence-corrected chi connectivity index (χ4v) is 4.35. The molecule has 7 heteroatoms. The molecule has 1 amide bonds. The summed E-state index contributed by atoms with van der Waals surface area (Å²) in [5.74, 6) is 0.388. The fourth-order valence-electron chi connectivity index (χ4n) is 2.04. The third-order valence-electron chi connectivity index (χ3n) is 3.11. The van der Waals surface area contributed by atoms with Gasteiger partial charge in [-0.15, -0.1) is 11.3 Å². The summed E-state index contributed by atoms with van der Waals surface area (Å²) in [5.41, 5.74) is 2.18. The lowest BCUT2D eigenvalue weighted by Crippen LogP contribution is -2.11. The van der Waals surface area contributed by atoms with Gasteiger partial charge in [-0.3, -0.25) is 9.59 Å². The van der Waals surface area contributed by atoms with Crippen LogP contribution in [-0.2, 0) is 4.79 Å². The van der Waals surface area contributed by atoms with Gasteiger partial charge in [-0.1, -0.05) is 33.8 Å². The van der Waals surface area contributed by atoms with Gasteiger partial charge in [0.2, 0.25) is 0 Å². The zero-order valence-electron chi connectivity index (χ0n) is 12.7. The van der Waals surface area contributed by atoms with Crippen LogP contribution in [0, 0.1) is 0 Å². The highest BCUT2D eigenvalue weighted by Crippen LogP contribution is 2.31. The number of thiazole rings is 1. The van der Waals surface area contributed by atoms with E-state index in [4.69, 9.17) is 0 Å². The Hall–Kier alpha value is -1.70. The molecule has 0 aliphatic carbocycles. The van der Waals surface area contributed by atoms with E-state index in [1.54, 1.807) is 19.1 Å². The number of amides is 1. The minimum atomic E-state index is -0.161. The van der Waals surface area contributed by atoms with E-state index in [1.807, 2.05) is 30.3 Å². The third-order valence-corrected chi connectivity index (χ3v) is 5.91. The monoisotopic (exact) mass is 420 g/mol. The van der Waals surface area contributed by atoms with E-state index in [1.165, 1.54) is 23.1 Å². The van der Waals surface area contributed by atoms with Crippen molar-refractivity contribution in [1.29, 1.82) is 0 Å². The number of thioether (sulfide) groups is 1. The van der Waals surface area contributed by atoms with Crippen LogP contribution in [0.15, 0.2) is 51.3 Å². The Kier molecular flexibility index (Phi) is 5.33. The molecule has 1 N–H and O–H groups in total. The first-order valence-corrected chi connectivity index (χ1v) is 9.70. The highest BCUT2D eigenvalue weighted by molar-refractivity contribution is 9.10. The highest BCUT2D eigenvalue weighted by atomic mass is 79.9. The van der Waals surface area contributed by atoms with Gasteiger partial charge in [0, 0.05) is 15.7 Å². The van der Waals surface area contributed by atoms with E-state index in [9.17, 15) is 9.59 Å². The molecule has 122 valence electrons. The zero-order chi connectivity index (χ0) is 17.1. The number of rotatable bonds is 5. The van der Waals surface area contributed by atoms with E-state index < -0.39 is 0 Å². The number of nitrogens with zero attached hydrogens (tertiary/aromatic N) is 1. The molecule has 2 aromatic carbocycles. The SMILES string of the molecule is CC(=O)CSc1nc2ccc(NC(=O)c3cccc(Br)c3)cc2s1. The average molecular weight is 421 g/mol. The summed E-state index contributed by atoms with van der Waals surface area (Å²) in [6, 6.07) is 12.8. The van der Waals surface area contributed by atoms with Gasteiger partial charge in [0.25, 0.3) is 5.91 Å². The average Bonchev–Trinajstić information content (AvgIpc) is 2.95.